The number of ketones is 1. The van der Waals surface area contributed by atoms with E-state index in [1.807, 2.05) is 51.4 Å². The Morgan fingerprint density at radius 2 is 1.85 bits per heavy atom. The monoisotopic (exact) mass is 353 g/mol. The number of hydrogen-bond donors (Lipinski definition) is 1. The molecule has 26 heavy (non-hydrogen) atoms. The molecular formula is C21H25N2O3-. The highest BCUT2D eigenvalue weighted by Crippen LogP contribution is 2.46. The van der Waals surface area contributed by atoms with Crippen LogP contribution in [0.25, 0.3) is 5.57 Å². The van der Waals surface area contributed by atoms with Gasteiger partial charge in [0.25, 0.3) is 0 Å². The molecule has 1 aromatic heterocycles. The van der Waals surface area contributed by atoms with Crippen molar-refractivity contribution in [2.75, 3.05) is 18.0 Å². The van der Waals surface area contributed by atoms with Gasteiger partial charge in [0.1, 0.15) is 11.7 Å². The van der Waals surface area contributed by atoms with Crippen LogP contribution in [0.4, 0.5) is 5.69 Å². The third-order valence-electron chi connectivity index (χ3n) is 5.52. The first-order valence-electron chi connectivity index (χ1n) is 8.98. The lowest BCUT2D eigenvalue weighted by Gasteiger charge is -2.32. The minimum atomic E-state index is -0.844. The number of anilines is 1. The van der Waals surface area contributed by atoms with Crippen molar-refractivity contribution in [3.8, 4) is 5.75 Å². The van der Waals surface area contributed by atoms with E-state index in [-0.39, 0.29) is 17.3 Å². The van der Waals surface area contributed by atoms with Crippen LogP contribution in [-0.4, -0.2) is 28.5 Å². The lowest BCUT2D eigenvalue weighted by atomic mass is 9.74. The summed E-state index contributed by atoms with van der Waals surface area (Å²) >= 11 is 0. The number of allylic oxidation sites excluding steroid dienone is 2. The largest absolute Gasteiger partial charge is 0.872 e. The van der Waals surface area contributed by atoms with Crippen molar-refractivity contribution in [2.45, 2.75) is 33.6 Å². The van der Waals surface area contributed by atoms with Gasteiger partial charge in [0.05, 0.1) is 5.57 Å². The Morgan fingerprint density at radius 3 is 2.31 bits per heavy atom. The molecule has 0 fully saturated rings. The molecule has 1 heterocycles. The predicted octanol–water partition coefficient (Wildman–Crippen LogP) is 3.20. The number of Topliss-reactive ketones (excluding diaryl/α,β-unsaturated/α-hetero) is 1. The number of hydrogen-bond acceptors (Lipinski definition) is 4. The first kappa shape index (κ1) is 18.1. The molecule has 0 amide bonds. The summed E-state index contributed by atoms with van der Waals surface area (Å²) in [6, 6.07) is 6.98. The molecule has 0 saturated heterocycles. The summed E-state index contributed by atoms with van der Waals surface area (Å²) in [6.45, 7) is 9.54. The molecule has 1 aliphatic rings. The molecule has 1 aliphatic carbocycles. The first-order valence-corrected chi connectivity index (χ1v) is 8.98. The normalized spacial score (nSPS) is 16.8. The van der Waals surface area contributed by atoms with Crippen LogP contribution in [0.1, 0.15) is 42.3 Å². The summed E-state index contributed by atoms with van der Waals surface area (Å²) in [4.78, 5) is 14.8. The average molecular weight is 353 g/mol. The van der Waals surface area contributed by atoms with Gasteiger partial charge in [0, 0.05) is 42.8 Å². The van der Waals surface area contributed by atoms with E-state index in [9.17, 15) is 15.0 Å². The topological polar surface area (TPSA) is 68.5 Å². The van der Waals surface area contributed by atoms with Crippen molar-refractivity contribution >= 4 is 17.0 Å². The highest BCUT2D eigenvalue weighted by atomic mass is 16.3. The summed E-state index contributed by atoms with van der Waals surface area (Å²) in [5.41, 5.74) is 4.21. The maximum absolute atomic E-state index is 12.8. The molecule has 5 heteroatoms. The van der Waals surface area contributed by atoms with Gasteiger partial charge >= 0.3 is 0 Å². The van der Waals surface area contributed by atoms with Gasteiger partial charge in [-0.2, -0.15) is 0 Å². The van der Waals surface area contributed by atoms with Crippen LogP contribution in [0, 0.1) is 13.8 Å². The summed E-state index contributed by atoms with van der Waals surface area (Å²) in [5, 5.41) is 23.1. The van der Waals surface area contributed by atoms with E-state index >= 15 is 0 Å². The molecule has 0 saturated carbocycles. The quantitative estimate of drug-likeness (QED) is 0.896. The second-order valence-electron chi connectivity index (χ2n) is 6.80. The highest BCUT2D eigenvalue weighted by Gasteiger charge is 2.42. The van der Waals surface area contributed by atoms with Crippen LogP contribution in [0.5, 0.6) is 5.75 Å². The molecule has 1 atom stereocenters. The molecule has 0 aliphatic heterocycles. The van der Waals surface area contributed by atoms with Gasteiger partial charge in [-0.1, -0.05) is 6.07 Å². The predicted molar refractivity (Wildman–Crippen MR) is 102 cm³/mol. The minimum Gasteiger partial charge on any atom is -0.872 e. The van der Waals surface area contributed by atoms with E-state index < -0.39 is 5.92 Å². The maximum atomic E-state index is 12.8. The van der Waals surface area contributed by atoms with Crippen molar-refractivity contribution in [3.05, 3.63) is 52.5 Å². The van der Waals surface area contributed by atoms with E-state index in [4.69, 9.17) is 0 Å². The minimum absolute atomic E-state index is 0.00334. The summed E-state index contributed by atoms with van der Waals surface area (Å²) in [5.74, 6) is -1.25. The van der Waals surface area contributed by atoms with Crippen molar-refractivity contribution in [3.63, 3.8) is 0 Å². The van der Waals surface area contributed by atoms with E-state index in [1.54, 1.807) is 12.1 Å². The van der Waals surface area contributed by atoms with Crippen molar-refractivity contribution in [2.24, 2.45) is 7.05 Å². The highest BCUT2D eigenvalue weighted by molar-refractivity contribution is 6.32. The Kier molecular flexibility index (Phi) is 4.57. The van der Waals surface area contributed by atoms with Gasteiger partial charge in [-0.25, -0.2) is 0 Å². The fourth-order valence-electron chi connectivity index (χ4n) is 3.68. The maximum Gasteiger partial charge on any atom is 0.181 e. The van der Waals surface area contributed by atoms with Gasteiger partial charge < -0.3 is 19.7 Å². The molecule has 0 bridgehead atoms. The van der Waals surface area contributed by atoms with Crippen LogP contribution in [0.15, 0.2) is 30.0 Å². The molecular weight excluding hydrogens is 328 g/mol. The lowest BCUT2D eigenvalue weighted by Crippen LogP contribution is -2.29. The summed E-state index contributed by atoms with van der Waals surface area (Å²) < 4.78 is 1.98. The first-order chi connectivity index (χ1) is 12.3. The number of aliphatic hydroxyl groups excluding tert-OH is 1. The summed E-state index contributed by atoms with van der Waals surface area (Å²) in [7, 11) is 1.92. The van der Waals surface area contributed by atoms with Gasteiger partial charge in [0.15, 0.2) is 5.78 Å². The smallest absolute Gasteiger partial charge is 0.181 e. The fourth-order valence-corrected chi connectivity index (χ4v) is 3.68. The molecule has 0 spiro atoms. The number of aromatic nitrogens is 1. The van der Waals surface area contributed by atoms with Gasteiger partial charge in [-0.3, -0.25) is 4.79 Å². The van der Waals surface area contributed by atoms with Crippen molar-refractivity contribution < 1.29 is 15.0 Å². The Balaban J connectivity index is 1.98. The second kappa shape index (κ2) is 6.56. The van der Waals surface area contributed by atoms with E-state index in [2.05, 4.69) is 4.90 Å². The van der Waals surface area contributed by atoms with E-state index in [0.29, 0.717) is 11.1 Å². The van der Waals surface area contributed by atoms with Gasteiger partial charge in [-0.15, -0.1) is 5.75 Å². The molecule has 1 unspecified atom stereocenters. The zero-order chi connectivity index (χ0) is 19.2. The number of benzene rings is 1. The molecule has 2 aromatic rings. The Morgan fingerprint density at radius 1 is 1.19 bits per heavy atom. The number of rotatable bonds is 5. The number of aliphatic hydroxyl groups is 1. The second-order valence-corrected chi connectivity index (χ2v) is 6.80. The van der Waals surface area contributed by atoms with Gasteiger partial charge in [0.2, 0.25) is 0 Å². The van der Waals surface area contributed by atoms with Crippen LogP contribution in [0.2, 0.25) is 0 Å². The van der Waals surface area contributed by atoms with Crippen molar-refractivity contribution in [1.29, 1.82) is 0 Å². The van der Waals surface area contributed by atoms with Gasteiger partial charge in [-0.05, 0) is 51.5 Å². The Hall–Kier alpha value is -2.69. The van der Waals surface area contributed by atoms with Crippen molar-refractivity contribution in [1.82, 2.24) is 4.57 Å². The third kappa shape index (κ3) is 2.59. The average Bonchev–Trinajstić information content (AvgIpc) is 2.85. The number of aryl methyl sites for hydroxylation is 1. The lowest BCUT2D eigenvalue weighted by molar-refractivity contribution is -0.269. The zero-order valence-electron chi connectivity index (χ0n) is 16.0. The van der Waals surface area contributed by atoms with Crippen LogP contribution >= 0.6 is 0 Å². The number of nitrogens with zero attached hydrogens (tertiary/aromatic N) is 2. The molecule has 5 nitrogen and oxygen atoms in total. The third-order valence-corrected chi connectivity index (χ3v) is 5.52. The molecule has 1 N–H and O–H groups in total. The molecule has 1 aromatic carbocycles. The molecule has 0 radical (unpaired) electrons. The molecule has 138 valence electrons. The Labute approximate surface area is 154 Å². The zero-order valence-corrected chi connectivity index (χ0v) is 16.0. The Bertz CT molecular complexity index is 904. The standard InChI is InChI=1S/C21H26N2O3/c1-6-23(7-2)14-8-9-15(17(24)11-14)18-20(25)19(21(18)26)16-10-12(3)22(5)13(16)4/h8-11,18,24-25H,6-7H2,1-5H3/p-1. The number of carbonyl (C=O) groups is 1. The summed E-state index contributed by atoms with van der Waals surface area (Å²) in [6.07, 6.45) is 0. The van der Waals surface area contributed by atoms with Crippen LogP contribution in [0.3, 0.4) is 0 Å². The number of carbonyl (C=O) groups excluding carboxylic acids is 1. The van der Waals surface area contributed by atoms with E-state index in [0.717, 1.165) is 35.7 Å². The van der Waals surface area contributed by atoms with Crippen LogP contribution in [-0.2, 0) is 11.8 Å². The van der Waals surface area contributed by atoms with E-state index in [1.165, 1.54) is 0 Å². The molecule has 3 rings (SSSR count). The SMILES string of the molecule is CCN(CC)c1ccc(C2C(=O)C(c3cc(C)n(C)c3C)=C2O)c([O-])c1. The van der Waals surface area contributed by atoms with Crippen LogP contribution < -0.4 is 10.0 Å². The fraction of sp³-hybridized carbons (Fsp3) is 0.381.